The molecule has 3 aromatic rings. The summed E-state index contributed by atoms with van der Waals surface area (Å²) in [6.45, 7) is 8.03. The predicted molar refractivity (Wildman–Crippen MR) is 149 cm³/mol. The van der Waals surface area contributed by atoms with Gasteiger partial charge in [0.25, 0.3) is 5.56 Å². The molecule has 0 N–H and O–H groups in total. The number of allylic oxidation sites excluding steroid dienone is 1. The first-order valence-corrected chi connectivity index (χ1v) is 13.6. The van der Waals surface area contributed by atoms with E-state index >= 15 is 0 Å². The molecule has 1 aliphatic rings. The molecular formula is C30H31FN2O5S. The summed E-state index contributed by atoms with van der Waals surface area (Å²) < 4.78 is 32.3. The number of nitrogens with zero attached hydrogens (tertiary/aromatic N) is 2. The Balaban J connectivity index is 1.85. The summed E-state index contributed by atoms with van der Waals surface area (Å²) in [6, 6.07) is 10.4. The van der Waals surface area contributed by atoms with Crippen molar-refractivity contribution in [3.05, 3.63) is 103 Å². The Kier molecular flexibility index (Phi) is 9.14. The quantitative estimate of drug-likeness (QED) is 0.197. The van der Waals surface area contributed by atoms with E-state index in [4.69, 9.17) is 14.2 Å². The van der Waals surface area contributed by atoms with Crippen molar-refractivity contribution in [2.24, 2.45) is 4.99 Å². The second-order valence-electron chi connectivity index (χ2n) is 8.99. The molecule has 0 saturated heterocycles. The minimum atomic E-state index is -0.808. The van der Waals surface area contributed by atoms with Crippen molar-refractivity contribution in [1.82, 2.24) is 4.57 Å². The Bertz CT molecular complexity index is 1570. The van der Waals surface area contributed by atoms with Gasteiger partial charge in [0.1, 0.15) is 12.4 Å². The molecule has 0 aliphatic carbocycles. The van der Waals surface area contributed by atoms with Crippen LogP contribution in [-0.2, 0) is 9.53 Å². The van der Waals surface area contributed by atoms with E-state index < -0.39 is 12.0 Å². The summed E-state index contributed by atoms with van der Waals surface area (Å²) in [4.78, 5) is 32.0. The highest BCUT2D eigenvalue weighted by Crippen LogP contribution is 2.36. The molecule has 1 aromatic heterocycles. The van der Waals surface area contributed by atoms with Crippen LogP contribution in [0.5, 0.6) is 11.5 Å². The highest BCUT2D eigenvalue weighted by molar-refractivity contribution is 7.07. The number of unbranched alkanes of at least 4 members (excludes halogenated alkanes) is 2. The fraction of sp³-hybridized carbons (Fsp3) is 0.300. The molecule has 0 radical (unpaired) electrons. The Morgan fingerprint density at radius 1 is 1.18 bits per heavy atom. The van der Waals surface area contributed by atoms with Gasteiger partial charge in [-0.05, 0) is 54.8 Å². The van der Waals surface area contributed by atoms with E-state index in [0.717, 1.165) is 19.3 Å². The summed E-state index contributed by atoms with van der Waals surface area (Å²) in [5.41, 5.74) is 1.68. The third-order valence-electron chi connectivity index (χ3n) is 6.25. The lowest BCUT2D eigenvalue weighted by atomic mass is 9.95. The van der Waals surface area contributed by atoms with Crippen LogP contribution in [0.1, 0.15) is 50.3 Å². The lowest BCUT2D eigenvalue weighted by Crippen LogP contribution is -2.40. The number of halogens is 1. The zero-order chi connectivity index (χ0) is 27.9. The third kappa shape index (κ3) is 6.20. The molecule has 2 aromatic carbocycles. The first-order chi connectivity index (χ1) is 18.9. The van der Waals surface area contributed by atoms with Gasteiger partial charge in [-0.3, -0.25) is 9.36 Å². The first-order valence-electron chi connectivity index (χ1n) is 12.7. The fourth-order valence-electron chi connectivity index (χ4n) is 4.33. The fourth-order valence-corrected chi connectivity index (χ4v) is 5.38. The Labute approximate surface area is 230 Å². The lowest BCUT2D eigenvalue weighted by molar-refractivity contribution is -0.138. The maximum Gasteiger partial charge on any atom is 0.338 e. The number of hydrogen-bond donors (Lipinski definition) is 0. The standard InChI is InChI=1S/C30H31FN2O5S/c1-5-7-8-16-37-23-14-11-21(18-24(23)36-4)27-26(29(35)38-15-6-2)19(3)32-30-33(27)28(34)25(39-30)17-20-9-12-22(31)13-10-20/h6,9-14,17-18,27H,2,5,7-8,15-16H2,1,3-4H3/b25-17-. The predicted octanol–water partition coefficient (Wildman–Crippen LogP) is 4.68. The van der Waals surface area contributed by atoms with E-state index in [9.17, 15) is 14.0 Å². The van der Waals surface area contributed by atoms with Crippen molar-refractivity contribution in [3.8, 4) is 11.5 Å². The number of fused-ring (bicyclic) bond motifs is 1. The number of carbonyl (C=O) groups is 1. The second kappa shape index (κ2) is 12.7. The topological polar surface area (TPSA) is 79.1 Å². The average Bonchev–Trinajstić information content (AvgIpc) is 3.24. The first kappa shape index (κ1) is 28.0. The molecular weight excluding hydrogens is 519 g/mol. The lowest BCUT2D eigenvalue weighted by Gasteiger charge is -2.25. The summed E-state index contributed by atoms with van der Waals surface area (Å²) >= 11 is 1.20. The van der Waals surface area contributed by atoms with Crippen LogP contribution in [-0.4, -0.2) is 30.9 Å². The molecule has 0 fully saturated rings. The van der Waals surface area contributed by atoms with E-state index in [1.165, 1.54) is 34.1 Å². The summed E-state index contributed by atoms with van der Waals surface area (Å²) in [5, 5.41) is 0. The Hall–Kier alpha value is -3.98. The number of rotatable bonds is 11. The van der Waals surface area contributed by atoms with Crippen LogP contribution in [0, 0.1) is 5.82 Å². The molecule has 2 heterocycles. The smallest absolute Gasteiger partial charge is 0.338 e. The van der Waals surface area contributed by atoms with Gasteiger partial charge in [0, 0.05) is 0 Å². The van der Waals surface area contributed by atoms with Gasteiger partial charge in [-0.1, -0.05) is 62.0 Å². The molecule has 4 rings (SSSR count). The number of ether oxygens (including phenoxy) is 3. The molecule has 7 nitrogen and oxygen atoms in total. The van der Waals surface area contributed by atoms with Gasteiger partial charge < -0.3 is 14.2 Å². The van der Waals surface area contributed by atoms with E-state index in [-0.39, 0.29) is 23.6 Å². The van der Waals surface area contributed by atoms with Crippen molar-refractivity contribution in [3.63, 3.8) is 0 Å². The number of carbonyl (C=O) groups excluding carboxylic acids is 1. The van der Waals surface area contributed by atoms with Crippen molar-refractivity contribution in [1.29, 1.82) is 0 Å². The molecule has 39 heavy (non-hydrogen) atoms. The molecule has 9 heteroatoms. The minimum Gasteiger partial charge on any atom is -0.493 e. The van der Waals surface area contributed by atoms with Crippen LogP contribution < -0.4 is 24.4 Å². The van der Waals surface area contributed by atoms with Crippen LogP contribution >= 0.6 is 11.3 Å². The highest BCUT2D eigenvalue weighted by atomic mass is 32.1. The van der Waals surface area contributed by atoms with Crippen LogP contribution in [0.3, 0.4) is 0 Å². The van der Waals surface area contributed by atoms with Crippen molar-refractivity contribution in [2.45, 2.75) is 39.2 Å². The largest absolute Gasteiger partial charge is 0.493 e. The number of aromatic nitrogens is 1. The highest BCUT2D eigenvalue weighted by Gasteiger charge is 2.34. The SMILES string of the molecule is C=CCOC(=O)C1=C(C)N=c2s/c(=C\c3ccc(F)cc3)c(=O)n2C1c1ccc(OCCCCC)c(OC)c1. The molecule has 0 amide bonds. The molecule has 0 bridgehead atoms. The van der Waals surface area contributed by atoms with Crippen LogP contribution in [0.2, 0.25) is 0 Å². The monoisotopic (exact) mass is 550 g/mol. The van der Waals surface area contributed by atoms with Crippen molar-refractivity contribution >= 4 is 23.4 Å². The van der Waals surface area contributed by atoms with Crippen LogP contribution in [0.15, 0.2) is 76.2 Å². The van der Waals surface area contributed by atoms with E-state index in [1.807, 2.05) is 6.07 Å². The zero-order valence-corrected chi connectivity index (χ0v) is 23.1. The van der Waals surface area contributed by atoms with E-state index in [0.29, 0.717) is 44.3 Å². The molecule has 0 spiro atoms. The third-order valence-corrected chi connectivity index (χ3v) is 7.23. The van der Waals surface area contributed by atoms with Gasteiger partial charge in [-0.15, -0.1) is 0 Å². The molecule has 1 aliphatic heterocycles. The van der Waals surface area contributed by atoms with Gasteiger partial charge >= 0.3 is 5.97 Å². The average molecular weight is 551 g/mol. The van der Waals surface area contributed by atoms with Crippen LogP contribution in [0.4, 0.5) is 4.39 Å². The Morgan fingerprint density at radius 3 is 2.64 bits per heavy atom. The minimum absolute atomic E-state index is 0.0190. The molecule has 1 atom stereocenters. The maximum absolute atomic E-state index is 13.7. The Morgan fingerprint density at radius 2 is 1.95 bits per heavy atom. The van der Waals surface area contributed by atoms with Crippen molar-refractivity contribution < 1.29 is 23.4 Å². The summed E-state index contributed by atoms with van der Waals surface area (Å²) in [5.74, 6) is 0.120. The number of methoxy groups -OCH3 is 1. The van der Waals surface area contributed by atoms with Gasteiger partial charge in [0.05, 0.1) is 35.6 Å². The number of benzene rings is 2. The van der Waals surface area contributed by atoms with E-state index in [2.05, 4.69) is 18.5 Å². The number of thiazole rings is 1. The summed E-state index contributed by atoms with van der Waals surface area (Å²) in [6.07, 6.45) is 6.24. The van der Waals surface area contributed by atoms with Gasteiger partial charge in [0.2, 0.25) is 0 Å². The van der Waals surface area contributed by atoms with Crippen molar-refractivity contribution in [2.75, 3.05) is 20.3 Å². The molecule has 204 valence electrons. The summed E-state index contributed by atoms with van der Waals surface area (Å²) in [7, 11) is 1.55. The van der Waals surface area contributed by atoms with Gasteiger partial charge in [0.15, 0.2) is 16.3 Å². The molecule has 0 saturated carbocycles. The zero-order valence-electron chi connectivity index (χ0n) is 22.2. The van der Waals surface area contributed by atoms with Gasteiger partial charge in [-0.25, -0.2) is 14.2 Å². The number of esters is 1. The van der Waals surface area contributed by atoms with Gasteiger partial charge in [-0.2, -0.15) is 0 Å². The normalized spacial score (nSPS) is 15.0. The maximum atomic E-state index is 13.7. The second-order valence-corrected chi connectivity index (χ2v) is 10.00. The molecule has 1 unspecified atom stereocenters. The van der Waals surface area contributed by atoms with E-state index in [1.54, 1.807) is 44.4 Å². The van der Waals surface area contributed by atoms with Crippen LogP contribution in [0.25, 0.3) is 6.08 Å². The number of hydrogen-bond acceptors (Lipinski definition) is 7.